The van der Waals surface area contributed by atoms with Crippen LogP contribution in [0.5, 0.6) is 5.75 Å². The van der Waals surface area contributed by atoms with E-state index in [4.69, 9.17) is 10.5 Å². The molecule has 0 saturated heterocycles. The molecule has 0 unspecified atom stereocenters. The number of nitrogens with two attached hydrogens (primary N) is 1. The SMILES string of the molecule is COc1cc(Sc2ccncc2)c(F)cc1N. The monoisotopic (exact) mass is 250 g/mol. The largest absolute Gasteiger partial charge is 0.495 e. The summed E-state index contributed by atoms with van der Waals surface area (Å²) in [6, 6.07) is 6.48. The van der Waals surface area contributed by atoms with Gasteiger partial charge in [-0.25, -0.2) is 4.39 Å². The summed E-state index contributed by atoms with van der Waals surface area (Å²) >= 11 is 1.30. The van der Waals surface area contributed by atoms with Gasteiger partial charge in [0.25, 0.3) is 0 Å². The van der Waals surface area contributed by atoms with Gasteiger partial charge in [0.15, 0.2) is 0 Å². The summed E-state index contributed by atoms with van der Waals surface area (Å²) in [7, 11) is 1.50. The van der Waals surface area contributed by atoms with E-state index in [1.807, 2.05) is 12.1 Å². The maximum absolute atomic E-state index is 13.7. The van der Waals surface area contributed by atoms with Gasteiger partial charge in [0.05, 0.1) is 17.7 Å². The topological polar surface area (TPSA) is 48.1 Å². The molecule has 1 heterocycles. The van der Waals surface area contributed by atoms with Crippen LogP contribution >= 0.6 is 11.8 Å². The van der Waals surface area contributed by atoms with E-state index in [-0.39, 0.29) is 5.82 Å². The van der Waals surface area contributed by atoms with E-state index in [2.05, 4.69) is 4.98 Å². The van der Waals surface area contributed by atoms with E-state index >= 15 is 0 Å². The third-order valence-electron chi connectivity index (χ3n) is 2.16. The molecule has 17 heavy (non-hydrogen) atoms. The Hall–Kier alpha value is -1.75. The number of rotatable bonds is 3. The highest BCUT2D eigenvalue weighted by molar-refractivity contribution is 7.99. The molecule has 0 saturated carbocycles. The quantitative estimate of drug-likeness (QED) is 0.851. The van der Waals surface area contributed by atoms with Crippen LogP contribution in [-0.4, -0.2) is 12.1 Å². The molecule has 1 aromatic heterocycles. The highest BCUT2D eigenvalue weighted by Crippen LogP contribution is 2.34. The van der Waals surface area contributed by atoms with Gasteiger partial charge in [0.2, 0.25) is 0 Å². The number of ether oxygens (including phenoxy) is 1. The number of benzene rings is 1. The fourth-order valence-corrected chi connectivity index (χ4v) is 2.17. The van der Waals surface area contributed by atoms with Crippen molar-refractivity contribution in [1.29, 1.82) is 0 Å². The number of pyridine rings is 1. The van der Waals surface area contributed by atoms with E-state index in [1.165, 1.54) is 24.9 Å². The predicted octanol–water partition coefficient (Wildman–Crippen LogP) is 2.96. The highest BCUT2D eigenvalue weighted by atomic mass is 32.2. The van der Waals surface area contributed by atoms with Crippen molar-refractivity contribution in [2.75, 3.05) is 12.8 Å². The number of hydrogen-bond acceptors (Lipinski definition) is 4. The van der Waals surface area contributed by atoms with Gasteiger partial charge in [-0.1, -0.05) is 11.8 Å². The molecule has 88 valence electrons. The van der Waals surface area contributed by atoms with Crippen LogP contribution < -0.4 is 10.5 Å². The molecule has 3 nitrogen and oxygen atoms in total. The number of nitrogens with zero attached hydrogens (tertiary/aromatic N) is 1. The van der Waals surface area contributed by atoms with Crippen molar-refractivity contribution in [3.05, 3.63) is 42.5 Å². The standard InChI is InChI=1S/C12H11FN2OS/c1-16-11-7-12(9(13)6-10(11)14)17-8-2-4-15-5-3-8/h2-7H,14H2,1H3. The second-order valence-electron chi connectivity index (χ2n) is 3.31. The van der Waals surface area contributed by atoms with Crippen LogP contribution in [0.15, 0.2) is 46.5 Å². The molecule has 0 atom stereocenters. The summed E-state index contributed by atoms with van der Waals surface area (Å²) in [5.41, 5.74) is 5.91. The first-order valence-electron chi connectivity index (χ1n) is 4.91. The Morgan fingerprint density at radius 1 is 1.29 bits per heavy atom. The Kier molecular flexibility index (Phi) is 3.49. The second kappa shape index (κ2) is 5.05. The van der Waals surface area contributed by atoms with Crippen molar-refractivity contribution < 1.29 is 9.13 Å². The van der Waals surface area contributed by atoms with Gasteiger partial charge in [-0.2, -0.15) is 0 Å². The number of anilines is 1. The molecule has 0 bridgehead atoms. The van der Waals surface area contributed by atoms with Crippen LogP contribution in [0.25, 0.3) is 0 Å². The van der Waals surface area contributed by atoms with Crippen LogP contribution in [0.2, 0.25) is 0 Å². The van der Waals surface area contributed by atoms with E-state index in [1.54, 1.807) is 18.5 Å². The molecule has 0 fully saturated rings. The van der Waals surface area contributed by atoms with Gasteiger partial charge in [-0.05, 0) is 18.2 Å². The summed E-state index contributed by atoms with van der Waals surface area (Å²) in [5.74, 6) is 0.119. The first-order chi connectivity index (χ1) is 8.20. The molecular weight excluding hydrogens is 239 g/mol. The maximum Gasteiger partial charge on any atom is 0.143 e. The number of hydrogen-bond donors (Lipinski definition) is 1. The van der Waals surface area contributed by atoms with Crippen molar-refractivity contribution in [2.24, 2.45) is 0 Å². The van der Waals surface area contributed by atoms with Gasteiger partial charge in [-0.3, -0.25) is 4.98 Å². The summed E-state index contributed by atoms with van der Waals surface area (Å²) in [6.07, 6.45) is 3.32. The Morgan fingerprint density at radius 3 is 2.65 bits per heavy atom. The lowest BCUT2D eigenvalue weighted by Gasteiger charge is -2.08. The highest BCUT2D eigenvalue weighted by Gasteiger charge is 2.09. The number of halogens is 1. The Balaban J connectivity index is 2.33. The van der Waals surface area contributed by atoms with Gasteiger partial charge >= 0.3 is 0 Å². The zero-order valence-corrected chi connectivity index (χ0v) is 10.00. The van der Waals surface area contributed by atoms with Crippen LogP contribution in [0.3, 0.4) is 0 Å². The van der Waals surface area contributed by atoms with Crippen LogP contribution in [0.1, 0.15) is 0 Å². The molecule has 0 aliphatic rings. The minimum atomic E-state index is -0.356. The van der Waals surface area contributed by atoms with Crippen molar-refractivity contribution in [3.8, 4) is 5.75 Å². The molecule has 0 amide bonds. The zero-order chi connectivity index (χ0) is 12.3. The molecule has 2 N–H and O–H groups in total. The van der Waals surface area contributed by atoms with Crippen molar-refractivity contribution >= 4 is 17.4 Å². The molecule has 0 radical (unpaired) electrons. The predicted molar refractivity (Wildman–Crippen MR) is 65.7 cm³/mol. The maximum atomic E-state index is 13.7. The third-order valence-corrected chi connectivity index (χ3v) is 3.20. The lowest BCUT2D eigenvalue weighted by atomic mass is 10.3. The molecule has 0 aliphatic heterocycles. The summed E-state index contributed by atoms with van der Waals surface area (Å²) < 4.78 is 18.7. The molecule has 0 aliphatic carbocycles. The first kappa shape index (κ1) is 11.7. The lowest BCUT2D eigenvalue weighted by Crippen LogP contribution is -1.94. The first-order valence-corrected chi connectivity index (χ1v) is 5.73. The van der Waals surface area contributed by atoms with Crippen molar-refractivity contribution in [1.82, 2.24) is 4.98 Å². The van der Waals surface area contributed by atoms with Crippen LogP contribution in [0.4, 0.5) is 10.1 Å². The molecular formula is C12H11FN2OS. The van der Waals surface area contributed by atoms with Gasteiger partial charge in [0, 0.05) is 23.4 Å². The molecule has 2 rings (SSSR count). The van der Waals surface area contributed by atoms with Crippen LogP contribution in [0, 0.1) is 5.82 Å². The molecule has 2 aromatic rings. The molecule has 5 heteroatoms. The summed E-state index contributed by atoms with van der Waals surface area (Å²) in [6.45, 7) is 0. The lowest BCUT2D eigenvalue weighted by molar-refractivity contribution is 0.414. The fourth-order valence-electron chi connectivity index (χ4n) is 1.34. The minimum Gasteiger partial charge on any atom is -0.495 e. The number of aromatic nitrogens is 1. The smallest absolute Gasteiger partial charge is 0.143 e. The van der Waals surface area contributed by atoms with Crippen LogP contribution in [-0.2, 0) is 0 Å². The average Bonchev–Trinajstić information content (AvgIpc) is 2.34. The van der Waals surface area contributed by atoms with Crippen molar-refractivity contribution in [3.63, 3.8) is 0 Å². The zero-order valence-electron chi connectivity index (χ0n) is 9.18. The molecule has 1 aromatic carbocycles. The van der Waals surface area contributed by atoms with E-state index in [0.29, 0.717) is 16.3 Å². The summed E-state index contributed by atoms with van der Waals surface area (Å²) in [5, 5.41) is 0. The van der Waals surface area contributed by atoms with E-state index < -0.39 is 0 Å². The van der Waals surface area contributed by atoms with Gasteiger partial charge in [0.1, 0.15) is 11.6 Å². The third kappa shape index (κ3) is 2.68. The Labute approximate surface area is 103 Å². The normalized spacial score (nSPS) is 10.2. The average molecular weight is 250 g/mol. The van der Waals surface area contributed by atoms with Gasteiger partial charge < -0.3 is 10.5 Å². The number of nitrogen functional groups attached to an aromatic ring is 1. The molecule has 0 spiro atoms. The fraction of sp³-hybridized carbons (Fsp3) is 0.0833. The summed E-state index contributed by atoms with van der Waals surface area (Å²) in [4.78, 5) is 5.29. The van der Waals surface area contributed by atoms with E-state index in [0.717, 1.165) is 4.90 Å². The van der Waals surface area contributed by atoms with Crippen molar-refractivity contribution in [2.45, 2.75) is 9.79 Å². The van der Waals surface area contributed by atoms with Gasteiger partial charge in [-0.15, -0.1) is 0 Å². The second-order valence-corrected chi connectivity index (χ2v) is 4.42. The number of methoxy groups -OCH3 is 1. The minimum absolute atomic E-state index is 0.295. The Morgan fingerprint density at radius 2 is 2.00 bits per heavy atom. The Bertz CT molecular complexity index is 519. The van der Waals surface area contributed by atoms with E-state index in [9.17, 15) is 4.39 Å².